The third kappa shape index (κ3) is 2.07. The van der Waals surface area contributed by atoms with E-state index in [1.54, 1.807) is 0 Å². The van der Waals surface area contributed by atoms with Gasteiger partial charge in [-0.05, 0) is 44.0 Å². The standard InChI is InChI=1S/C14H16N4O/c1-8-13(9(2)18-17-8)14(19)16-11-3-4-12-10(7-11)5-6-15-12/h3-4,7,15H,5-6H2,1-2H3,(H,16,19)(H,17,18). The predicted molar refractivity (Wildman–Crippen MR) is 74.7 cm³/mol. The second kappa shape index (κ2) is 4.42. The maximum Gasteiger partial charge on any atom is 0.259 e. The largest absolute Gasteiger partial charge is 0.384 e. The average molecular weight is 256 g/mol. The lowest BCUT2D eigenvalue weighted by Gasteiger charge is -2.07. The predicted octanol–water partition coefficient (Wildman–Crippen LogP) is 2.25. The fraction of sp³-hybridized carbons (Fsp3) is 0.286. The van der Waals surface area contributed by atoms with Gasteiger partial charge < -0.3 is 10.6 Å². The summed E-state index contributed by atoms with van der Waals surface area (Å²) in [6, 6.07) is 5.95. The zero-order valence-corrected chi connectivity index (χ0v) is 11.0. The van der Waals surface area contributed by atoms with Crippen LogP contribution in [0.3, 0.4) is 0 Å². The Bertz CT molecular complexity index is 625. The molecule has 0 spiro atoms. The lowest BCUT2D eigenvalue weighted by molar-refractivity contribution is 0.102. The van der Waals surface area contributed by atoms with Crippen molar-refractivity contribution >= 4 is 17.3 Å². The summed E-state index contributed by atoms with van der Waals surface area (Å²) in [6.07, 6.45) is 1.00. The molecular formula is C14H16N4O. The Balaban J connectivity index is 1.84. The van der Waals surface area contributed by atoms with Gasteiger partial charge in [-0.3, -0.25) is 9.89 Å². The van der Waals surface area contributed by atoms with E-state index in [-0.39, 0.29) is 5.91 Å². The normalized spacial score (nSPS) is 12.9. The molecule has 0 fully saturated rings. The summed E-state index contributed by atoms with van der Waals surface area (Å²) < 4.78 is 0. The SMILES string of the molecule is Cc1n[nH]c(C)c1C(=O)Nc1ccc2c(c1)CCN2. The van der Waals surface area contributed by atoms with Crippen molar-refractivity contribution in [3.8, 4) is 0 Å². The Morgan fingerprint density at radius 2 is 2.21 bits per heavy atom. The number of carbonyl (C=O) groups is 1. The van der Waals surface area contributed by atoms with Crippen LogP contribution in [0.25, 0.3) is 0 Å². The molecule has 0 radical (unpaired) electrons. The van der Waals surface area contributed by atoms with Crippen molar-refractivity contribution < 1.29 is 4.79 Å². The van der Waals surface area contributed by atoms with Gasteiger partial charge in [0.2, 0.25) is 0 Å². The molecule has 5 heteroatoms. The summed E-state index contributed by atoms with van der Waals surface area (Å²) in [5.74, 6) is -0.116. The fourth-order valence-electron chi connectivity index (χ4n) is 2.46. The summed E-state index contributed by atoms with van der Waals surface area (Å²) in [5, 5.41) is 13.1. The molecule has 3 rings (SSSR count). The minimum Gasteiger partial charge on any atom is -0.384 e. The van der Waals surface area contributed by atoms with Crippen LogP contribution in [0.5, 0.6) is 0 Å². The number of rotatable bonds is 2. The Hall–Kier alpha value is -2.30. The van der Waals surface area contributed by atoms with E-state index in [0.29, 0.717) is 5.56 Å². The summed E-state index contributed by atoms with van der Waals surface area (Å²) in [5.41, 5.74) is 5.37. The fourth-order valence-corrected chi connectivity index (χ4v) is 2.46. The average Bonchev–Trinajstić information content (AvgIpc) is 2.95. The molecule has 5 nitrogen and oxygen atoms in total. The monoisotopic (exact) mass is 256 g/mol. The maximum absolute atomic E-state index is 12.2. The smallest absolute Gasteiger partial charge is 0.259 e. The number of nitrogens with zero attached hydrogens (tertiary/aromatic N) is 1. The molecule has 0 saturated carbocycles. The van der Waals surface area contributed by atoms with E-state index in [1.807, 2.05) is 32.0 Å². The number of aryl methyl sites for hydroxylation is 2. The zero-order valence-electron chi connectivity index (χ0n) is 11.0. The number of anilines is 2. The minimum atomic E-state index is -0.116. The van der Waals surface area contributed by atoms with Gasteiger partial charge in [0.05, 0.1) is 11.3 Å². The first-order valence-electron chi connectivity index (χ1n) is 6.35. The molecule has 0 bridgehead atoms. The highest BCUT2D eigenvalue weighted by molar-refractivity contribution is 6.05. The molecule has 1 aliphatic heterocycles. The van der Waals surface area contributed by atoms with E-state index in [1.165, 1.54) is 5.56 Å². The molecule has 0 aliphatic carbocycles. The first-order valence-corrected chi connectivity index (χ1v) is 6.35. The number of fused-ring (bicyclic) bond motifs is 1. The highest BCUT2D eigenvalue weighted by atomic mass is 16.1. The second-order valence-corrected chi connectivity index (χ2v) is 4.81. The van der Waals surface area contributed by atoms with Crippen LogP contribution in [0, 0.1) is 13.8 Å². The summed E-state index contributed by atoms with van der Waals surface area (Å²) in [4.78, 5) is 12.2. The van der Waals surface area contributed by atoms with E-state index in [4.69, 9.17) is 0 Å². The Morgan fingerprint density at radius 1 is 1.37 bits per heavy atom. The van der Waals surface area contributed by atoms with Crippen LogP contribution in [-0.2, 0) is 6.42 Å². The Labute approximate surface area is 111 Å². The number of hydrogen-bond acceptors (Lipinski definition) is 3. The highest BCUT2D eigenvalue weighted by Crippen LogP contribution is 2.25. The van der Waals surface area contributed by atoms with E-state index in [0.717, 1.165) is 35.7 Å². The van der Waals surface area contributed by atoms with Crippen LogP contribution in [0.4, 0.5) is 11.4 Å². The molecule has 0 saturated heterocycles. The maximum atomic E-state index is 12.2. The van der Waals surface area contributed by atoms with Gasteiger partial charge in [-0.2, -0.15) is 5.10 Å². The molecule has 0 unspecified atom stereocenters. The van der Waals surface area contributed by atoms with Crippen molar-refractivity contribution in [3.63, 3.8) is 0 Å². The van der Waals surface area contributed by atoms with Crippen molar-refractivity contribution in [2.75, 3.05) is 17.2 Å². The van der Waals surface area contributed by atoms with E-state index < -0.39 is 0 Å². The summed E-state index contributed by atoms with van der Waals surface area (Å²) >= 11 is 0. The van der Waals surface area contributed by atoms with Crippen molar-refractivity contribution in [1.82, 2.24) is 10.2 Å². The molecule has 2 heterocycles. The third-order valence-corrected chi connectivity index (χ3v) is 3.43. The van der Waals surface area contributed by atoms with Gasteiger partial charge in [0, 0.05) is 23.6 Å². The molecule has 0 atom stereocenters. The number of aromatic amines is 1. The second-order valence-electron chi connectivity index (χ2n) is 4.81. The molecule has 1 amide bonds. The molecule has 1 aromatic carbocycles. The summed E-state index contributed by atoms with van der Waals surface area (Å²) in [7, 11) is 0. The number of nitrogens with one attached hydrogen (secondary N) is 3. The first-order chi connectivity index (χ1) is 9.15. The van der Waals surface area contributed by atoms with Crippen LogP contribution in [0.1, 0.15) is 27.3 Å². The van der Waals surface area contributed by atoms with Crippen LogP contribution in [0.15, 0.2) is 18.2 Å². The topological polar surface area (TPSA) is 69.8 Å². The van der Waals surface area contributed by atoms with Gasteiger partial charge >= 0.3 is 0 Å². The number of hydrogen-bond donors (Lipinski definition) is 3. The molecule has 2 aromatic rings. The van der Waals surface area contributed by atoms with Gasteiger partial charge in [-0.15, -0.1) is 0 Å². The molecule has 1 aliphatic rings. The lowest BCUT2D eigenvalue weighted by atomic mass is 10.1. The van der Waals surface area contributed by atoms with Crippen LogP contribution < -0.4 is 10.6 Å². The van der Waals surface area contributed by atoms with E-state index in [9.17, 15) is 4.79 Å². The van der Waals surface area contributed by atoms with Gasteiger partial charge in [0.25, 0.3) is 5.91 Å². The molecule has 19 heavy (non-hydrogen) atoms. The van der Waals surface area contributed by atoms with E-state index in [2.05, 4.69) is 20.8 Å². The quantitative estimate of drug-likeness (QED) is 0.771. The molecule has 1 aromatic heterocycles. The zero-order chi connectivity index (χ0) is 13.4. The van der Waals surface area contributed by atoms with Crippen LogP contribution in [-0.4, -0.2) is 22.6 Å². The van der Waals surface area contributed by atoms with Gasteiger partial charge in [0.1, 0.15) is 0 Å². The van der Waals surface area contributed by atoms with Crippen LogP contribution >= 0.6 is 0 Å². The number of H-pyrrole nitrogens is 1. The van der Waals surface area contributed by atoms with Gasteiger partial charge in [-0.25, -0.2) is 0 Å². The van der Waals surface area contributed by atoms with Crippen molar-refractivity contribution in [2.24, 2.45) is 0 Å². The Morgan fingerprint density at radius 3 is 2.95 bits per heavy atom. The molecule has 3 N–H and O–H groups in total. The van der Waals surface area contributed by atoms with Crippen molar-refractivity contribution in [3.05, 3.63) is 40.7 Å². The van der Waals surface area contributed by atoms with Gasteiger partial charge in [0.15, 0.2) is 0 Å². The number of benzene rings is 1. The minimum absolute atomic E-state index is 0.116. The number of aromatic nitrogens is 2. The lowest BCUT2D eigenvalue weighted by Crippen LogP contribution is -2.13. The van der Waals surface area contributed by atoms with Crippen molar-refractivity contribution in [2.45, 2.75) is 20.3 Å². The Kier molecular flexibility index (Phi) is 2.74. The first kappa shape index (κ1) is 11.8. The third-order valence-electron chi connectivity index (χ3n) is 3.43. The van der Waals surface area contributed by atoms with E-state index >= 15 is 0 Å². The van der Waals surface area contributed by atoms with Crippen molar-refractivity contribution in [1.29, 1.82) is 0 Å². The molecular weight excluding hydrogens is 240 g/mol. The highest BCUT2D eigenvalue weighted by Gasteiger charge is 2.16. The van der Waals surface area contributed by atoms with Gasteiger partial charge in [-0.1, -0.05) is 0 Å². The molecule has 98 valence electrons. The summed E-state index contributed by atoms with van der Waals surface area (Å²) in [6.45, 7) is 4.64. The van der Waals surface area contributed by atoms with Crippen LogP contribution in [0.2, 0.25) is 0 Å². The number of carbonyl (C=O) groups excluding carboxylic acids is 1. The number of amides is 1.